The Morgan fingerprint density at radius 3 is 2.69 bits per heavy atom. The Morgan fingerprint density at radius 2 is 2.00 bits per heavy atom. The first kappa shape index (κ1) is 19.2. The van der Waals surface area contributed by atoms with Gasteiger partial charge in [-0.25, -0.2) is 13.4 Å². The molecule has 1 saturated heterocycles. The van der Waals surface area contributed by atoms with Crippen LogP contribution in [0.1, 0.15) is 26.7 Å². The fraction of sp³-hybridized carbons (Fsp3) is 0.529. The van der Waals surface area contributed by atoms with Crippen molar-refractivity contribution in [2.24, 2.45) is 0 Å². The normalized spacial score (nSPS) is 23.0. The quantitative estimate of drug-likeness (QED) is 0.714. The molecule has 1 aliphatic heterocycles. The van der Waals surface area contributed by atoms with Gasteiger partial charge in [-0.3, -0.25) is 4.79 Å². The summed E-state index contributed by atoms with van der Waals surface area (Å²) in [6.07, 6.45) is -0.698. The Kier molecular flexibility index (Phi) is 5.34. The molecule has 7 nitrogen and oxygen atoms in total. The molecule has 1 aliphatic rings. The fourth-order valence-electron chi connectivity index (χ4n) is 3.02. The monoisotopic (exact) mass is 399 g/mol. The van der Waals surface area contributed by atoms with Gasteiger partial charge >= 0.3 is 5.97 Å². The number of benzene rings is 1. The second-order valence-electron chi connectivity index (χ2n) is 6.62. The molecular weight excluding hydrogens is 378 g/mol. The number of rotatable bonds is 5. The van der Waals surface area contributed by atoms with Crippen LogP contribution in [-0.2, 0) is 28.8 Å². The maximum Gasteiger partial charge on any atom is 0.308 e. The minimum Gasteiger partial charge on any atom is -0.469 e. The van der Waals surface area contributed by atoms with Crippen molar-refractivity contribution in [3.8, 4) is 0 Å². The molecule has 9 heteroatoms. The van der Waals surface area contributed by atoms with Crippen molar-refractivity contribution in [2.45, 2.75) is 49.0 Å². The van der Waals surface area contributed by atoms with Crippen molar-refractivity contribution in [3.63, 3.8) is 0 Å². The topological polar surface area (TPSA) is 91.8 Å². The molecule has 0 saturated carbocycles. The van der Waals surface area contributed by atoms with Gasteiger partial charge in [0.05, 0.1) is 41.7 Å². The van der Waals surface area contributed by atoms with Crippen molar-refractivity contribution in [1.82, 2.24) is 4.98 Å². The summed E-state index contributed by atoms with van der Waals surface area (Å²) in [5, 5.41) is 0. The fourth-order valence-corrected chi connectivity index (χ4v) is 5.77. The van der Waals surface area contributed by atoms with Crippen LogP contribution in [0, 0.1) is 0 Å². The van der Waals surface area contributed by atoms with Crippen LogP contribution in [0.2, 0.25) is 0 Å². The van der Waals surface area contributed by atoms with E-state index in [9.17, 15) is 13.2 Å². The van der Waals surface area contributed by atoms with Crippen LogP contribution in [0.5, 0.6) is 0 Å². The van der Waals surface area contributed by atoms with Crippen LogP contribution >= 0.6 is 11.3 Å². The first-order chi connectivity index (χ1) is 12.2. The third-order valence-corrected chi connectivity index (χ3v) is 7.27. The van der Waals surface area contributed by atoms with Crippen LogP contribution in [-0.4, -0.2) is 50.2 Å². The number of fused-ring (bicyclic) bond motifs is 1. The average Bonchev–Trinajstić information content (AvgIpc) is 2.97. The molecule has 2 aromatic rings. The zero-order valence-corrected chi connectivity index (χ0v) is 16.4. The van der Waals surface area contributed by atoms with Gasteiger partial charge in [-0.2, -0.15) is 0 Å². The number of sulfone groups is 1. The van der Waals surface area contributed by atoms with Crippen LogP contribution in [0.4, 0.5) is 0 Å². The van der Waals surface area contributed by atoms with E-state index in [0.717, 1.165) is 16.0 Å². The van der Waals surface area contributed by atoms with E-state index in [2.05, 4.69) is 9.72 Å². The number of carbonyl (C=O) groups is 1. The van der Waals surface area contributed by atoms with Gasteiger partial charge in [-0.15, -0.1) is 11.3 Å². The molecule has 26 heavy (non-hydrogen) atoms. The van der Waals surface area contributed by atoms with Crippen molar-refractivity contribution < 1.29 is 27.4 Å². The maximum atomic E-state index is 12.8. The molecule has 0 bridgehead atoms. The number of hydrogen-bond acceptors (Lipinski definition) is 8. The predicted octanol–water partition coefficient (Wildman–Crippen LogP) is 2.54. The largest absolute Gasteiger partial charge is 0.469 e. The first-order valence-corrected chi connectivity index (χ1v) is 10.7. The molecule has 0 radical (unpaired) electrons. The van der Waals surface area contributed by atoms with E-state index >= 15 is 0 Å². The molecule has 3 rings (SSSR count). The lowest BCUT2D eigenvalue weighted by molar-refractivity contribution is -0.295. The number of thiazole rings is 1. The summed E-state index contributed by atoms with van der Waals surface area (Å²) in [7, 11) is -2.31. The third kappa shape index (κ3) is 4.40. The molecule has 2 heterocycles. The molecular formula is C17H21NO6S2. The molecule has 1 aromatic carbocycles. The van der Waals surface area contributed by atoms with Gasteiger partial charge in [0, 0.05) is 6.42 Å². The lowest BCUT2D eigenvalue weighted by Gasteiger charge is -2.40. The van der Waals surface area contributed by atoms with Crippen molar-refractivity contribution >= 4 is 37.4 Å². The average molecular weight is 399 g/mol. The van der Waals surface area contributed by atoms with Gasteiger partial charge in [0.25, 0.3) is 0 Å². The standard InChI is InChI=1S/C17H21NO6S2/c1-17(2)23-11(9-15(19)22-3)8-12(24-17)10-26(20,21)16-18-13-6-4-5-7-14(13)25-16/h4-7,11-12H,8-10H2,1-3H3/t11-,12?/m0/s1. The van der Waals surface area contributed by atoms with Gasteiger partial charge in [0.15, 0.2) is 5.79 Å². The van der Waals surface area contributed by atoms with Gasteiger partial charge in [-0.1, -0.05) is 12.1 Å². The Labute approximate surface area is 156 Å². The summed E-state index contributed by atoms with van der Waals surface area (Å²) in [5.41, 5.74) is 0.660. The minimum atomic E-state index is -3.62. The SMILES string of the molecule is COC(=O)C[C@@H]1CC(CS(=O)(=O)c2nc3ccccc3s2)OC(C)(C)O1. The maximum absolute atomic E-state index is 12.8. The van der Waals surface area contributed by atoms with E-state index in [1.807, 2.05) is 18.2 Å². The smallest absolute Gasteiger partial charge is 0.308 e. The number of esters is 1. The highest BCUT2D eigenvalue weighted by molar-refractivity contribution is 7.93. The summed E-state index contributed by atoms with van der Waals surface area (Å²) in [5.74, 6) is -1.59. The zero-order chi connectivity index (χ0) is 18.9. The second kappa shape index (κ2) is 7.22. The number of methoxy groups -OCH3 is 1. The Balaban J connectivity index is 1.78. The summed E-state index contributed by atoms with van der Waals surface area (Å²) < 4.78 is 42.7. The number of ether oxygens (including phenoxy) is 3. The highest BCUT2D eigenvalue weighted by Gasteiger charge is 2.39. The van der Waals surface area contributed by atoms with Crippen LogP contribution < -0.4 is 0 Å². The lowest BCUT2D eigenvalue weighted by Crippen LogP contribution is -2.47. The van der Waals surface area contributed by atoms with E-state index in [0.29, 0.717) is 11.9 Å². The molecule has 0 N–H and O–H groups in total. The van der Waals surface area contributed by atoms with E-state index in [4.69, 9.17) is 9.47 Å². The summed E-state index contributed by atoms with van der Waals surface area (Å²) in [6.45, 7) is 3.40. The van der Waals surface area contributed by atoms with Gasteiger partial charge in [0.2, 0.25) is 14.2 Å². The Hall–Kier alpha value is -1.55. The number of hydrogen-bond donors (Lipinski definition) is 0. The number of aromatic nitrogens is 1. The summed E-state index contributed by atoms with van der Waals surface area (Å²) in [6, 6.07) is 7.29. The van der Waals surface area contributed by atoms with Crippen molar-refractivity contribution in [2.75, 3.05) is 12.9 Å². The van der Waals surface area contributed by atoms with Crippen LogP contribution in [0.25, 0.3) is 10.2 Å². The number of nitrogens with zero attached hydrogens (tertiary/aromatic N) is 1. The third-order valence-electron chi connectivity index (χ3n) is 3.99. The van der Waals surface area contributed by atoms with Crippen molar-refractivity contribution in [1.29, 1.82) is 0 Å². The Morgan fingerprint density at radius 1 is 1.31 bits per heavy atom. The highest BCUT2D eigenvalue weighted by Crippen LogP contribution is 2.32. The second-order valence-corrected chi connectivity index (χ2v) is 9.86. The summed E-state index contributed by atoms with van der Waals surface area (Å²) in [4.78, 5) is 15.8. The molecule has 1 fully saturated rings. The Bertz CT molecular complexity index is 872. The molecule has 0 aliphatic carbocycles. The van der Waals surface area contributed by atoms with Gasteiger partial charge in [0.1, 0.15) is 0 Å². The van der Waals surface area contributed by atoms with E-state index in [-0.39, 0.29) is 16.5 Å². The van der Waals surface area contributed by atoms with E-state index < -0.39 is 33.8 Å². The van der Waals surface area contributed by atoms with Crippen LogP contribution in [0.3, 0.4) is 0 Å². The molecule has 2 atom stereocenters. The molecule has 1 unspecified atom stereocenters. The number of carbonyl (C=O) groups excluding carboxylic acids is 1. The van der Waals surface area contributed by atoms with Crippen LogP contribution in [0.15, 0.2) is 28.6 Å². The van der Waals surface area contributed by atoms with Gasteiger partial charge in [-0.05, 0) is 26.0 Å². The summed E-state index contributed by atoms with van der Waals surface area (Å²) >= 11 is 1.15. The predicted molar refractivity (Wildman–Crippen MR) is 96.7 cm³/mol. The molecule has 0 spiro atoms. The van der Waals surface area contributed by atoms with E-state index in [1.54, 1.807) is 19.9 Å². The molecule has 0 amide bonds. The highest BCUT2D eigenvalue weighted by atomic mass is 32.2. The van der Waals surface area contributed by atoms with Crippen molar-refractivity contribution in [3.05, 3.63) is 24.3 Å². The first-order valence-electron chi connectivity index (χ1n) is 8.19. The van der Waals surface area contributed by atoms with Gasteiger partial charge < -0.3 is 14.2 Å². The minimum absolute atomic E-state index is 0.0565. The zero-order valence-electron chi connectivity index (χ0n) is 14.8. The van der Waals surface area contributed by atoms with E-state index in [1.165, 1.54) is 7.11 Å². The molecule has 1 aromatic heterocycles. The number of para-hydroxylation sites is 1. The molecule has 142 valence electrons. The lowest BCUT2D eigenvalue weighted by atomic mass is 10.1.